The van der Waals surface area contributed by atoms with Gasteiger partial charge in [-0.25, -0.2) is 4.39 Å². The molecular weight excluding hydrogens is 369 g/mol. The molecule has 6 heteroatoms. The number of anilines is 1. The van der Waals surface area contributed by atoms with Gasteiger partial charge in [0.25, 0.3) is 0 Å². The maximum atomic E-state index is 13.0. The Labute approximate surface area is 171 Å². The van der Waals surface area contributed by atoms with Crippen LogP contribution in [0.15, 0.2) is 48.5 Å². The smallest absolute Gasteiger partial charge is 0.241 e. The number of carbonyl (C=O) groups is 1. The molecule has 2 aliphatic rings. The molecular formula is C23H28FN3O2. The molecule has 0 bridgehead atoms. The zero-order valence-corrected chi connectivity index (χ0v) is 16.6. The molecule has 1 amide bonds. The average Bonchev–Trinajstić information content (AvgIpc) is 2.75. The van der Waals surface area contributed by atoms with E-state index in [1.165, 1.54) is 17.7 Å². The van der Waals surface area contributed by atoms with Gasteiger partial charge in [0.1, 0.15) is 5.82 Å². The summed E-state index contributed by atoms with van der Waals surface area (Å²) in [5.74, 6) is -0.132. The second-order valence-electron chi connectivity index (χ2n) is 7.92. The number of aliphatic hydroxyl groups is 1. The van der Waals surface area contributed by atoms with Crippen molar-refractivity contribution in [3.63, 3.8) is 0 Å². The standard InChI is InChI=1S/C23H28FN3O2/c24-20-9-7-19(8-10-20)22(28)16-25-12-14-26(15-13-25)17-23(29)27-11-3-5-18-4-1-2-6-21(18)27/h1-2,4,6-10,22,28H,3,5,11-17H2/t22-/m0/s1. The molecule has 4 rings (SSSR count). The van der Waals surface area contributed by atoms with Crippen LogP contribution in [-0.4, -0.2) is 66.6 Å². The zero-order valence-electron chi connectivity index (χ0n) is 16.6. The molecule has 0 unspecified atom stereocenters. The number of para-hydroxylation sites is 1. The third kappa shape index (κ3) is 4.83. The zero-order chi connectivity index (χ0) is 20.2. The number of piperazine rings is 1. The number of carbonyl (C=O) groups excluding carboxylic acids is 1. The lowest BCUT2D eigenvalue weighted by Gasteiger charge is -2.37. The van der Waals surface area contributed by atoms with Crippen LogP contribution in [0.3, 0.4) is 0 Å². The molecule has 2 aromatic rings. The molecule has 2 aromatic carbocycles. The topological polar surface area (TPSA) is 47.0 Å². The van der Waals surface area contributed by atoms with Gasteiger partial charge in [0, 0.05) is 45.0 Å². The van der Waals surface area contributed by atoms with Gasteiger partial charge < -0.3 is 10.0 Å². The number of fused-ring (bicyclic) bond motifs is 1. The Morgan fingerprint density at radius 2 is 1.66 bits per heavy atom. The molecule has 2 heterocycles. The number of rotatable bonds is 5. The van der Waals surface area contributed by atoms with Gasteiger partial charge in [-0.15, -0.1) is 0 Å². The van der Waals surface area contributed by atoms with Crippen molar-refractivity contribution in [1.29, 1.82) is 0 Å². The second kappa shape index (κ2) is 9.03. The SMILES string of the molecule is O=C(CN1CCN(C[C@H](O)c2ccc(F)cc2)CC1)N1CCCc2ccccc21. The van der Waals surface area contributed by atoms with E-state index < -0.39 is 6.10 Å². The van der Waals surface area contributed by atoms with Crippen molar-refractivity contribution in [1.82, 2.24) is 9.80 Å². The molecule has 2 aliphatic heterocycles. The predicted molar refractivity (Wildman–Crippen MR) is 111 cm³/mol. The summed E-state index contributed by atoms with van der Waals surface area (Å²) >= 11 is 0. The highest BCUT2D eigenvalue weighted by Crippen LogP contribution is 2.27. The number of halogens is 1. The minimum Gasteiger partial charge on any atom is -0.387 e. The van der Waals surface area contributed by atoms with Crippen molar-refractivity contribution in [3.05, 3.63) is 65.5 Å². The summed E-state index contributed by atoms with van der Waals surface area (Å²) in [5.41, 5.74) is 3.05. The van der Waals surface area contributed by atoms with Crippen molar-refractivity contribution in [2.45, 2.75) is 18.9 Å². The number of β-amino-alcohol motifs (C(OH)–C–C–N with tert-alkyl or cyclic N) is 1. The number of aryl methyl sites for hydroxylation is 1. The maximum Gasteiger partial charge on any atom is 0.241 e. The van der Waals surface area contributed by atoms with E-state index in [1.54, 1.807) is 12.1 Å². The summed E-state index contributed by atoms with van der Waals surface area (Å²) in [7, 11) is 0. The molecule has 1 atom stereocenters. The molecule has 154 valence electrons. The highest BCUT2D eigenvalue weighted by Gasteiger charge is 2.26. The van der Waals surface area contributed by atoms with Crippen LogP contribution in [0.2, 0.25) is 0 Å². The number of hydrogen-bond donors (Lipinski definition) is 1. The van der Waals surface area contributed by atoms with E-state index in [1.807, 2.05) is 23.1 Å². The summed E-state index contributed by atoms with van der Waals surface area (Å²) in [6.45, 7) is 4.97. The minimum absolute atomic E-state index is 0.164. The Kier molecular flexibility index (Phi) is 6.23. The number of nitrogens with zero attached hydrogens (tertiary/aromatic N) is 3. The summed E-state index contributed by atoms with van der Waals surface area (Å²) < 4.78 is 13.0. The molecule has 1 saturated heterocycles. The van der Waals surface area contributed by atoms with Gasteiger partial charge in [0.05, 0.1) is 12.6 Å². The number of amides is 1. The number of benzene rings is 2. The van der Waals surface area contributed by atoms with Crippen LogP contribution in [0.1, 0.15) is 23.7 Å². The molecule has 0 saturated carbocycles. The first-order valence-electron chi connectivity index (χ1n) is 10.4. The Bertz CT molecular complexity index is 834. The fourth-order valence-electron chi connectivity index (χ4n) is 4.23. The molecule has 0 spiro atoms. The lowest BCUT2D eigenvalue weighted by molar-refractivity contribution is -0.120. The molecule has 0 radical (unpaired) electrons. The van der Waals surface area contributed by atoms with Gasteiger partial charge in [0.15, 0.2) is 0 Å². The Morgan fingerprint density at radius 3 is 2.41 bits per heavy atom. The lowest BCUT2D eigenvalue weighted by atomic mass is 10.0. The summed E-state index contributed by atoms with van der Waals surface area (Å²) in [6, 6.07) is 14.2. The van der Waals surface area contributed by atoms with Gasteiger partial charge in [-0.05, 0) is 42.2 Å². The molecule has 1 fully saturated rings. The fourth-order valence-corrected chi connectivity index (χ4v) is 4.23. The van der Waals surface area contributed by atoms with E-state index in [0.29, 0.717) is 13.1 Å². The van der Waals surface area contributed by atoms with Gasteiger partial charge in [0.2, 0.25) is 5.91 Å². The van der Waals surface area contributed by atoms with Crippen molar-refractivity contribution in [3.8, 4) is 0 Å². The Hall–Kier alpha value is -2.28. The highest BCUT2D eigenvalue weighted by molar-refractivity contribution is 5.95. The van der Waals surface area contributed by atoms with Crippen molar-refractivity contribution in [2.24, 2.45) is 0 Å². The van der Waals surface area contributed by atoms with Gasteiger partial charge in [-0.3, -0.25) is 14.6 Å². The van der Waals surface area contributed by atoms with E-state index in [-0.39, 0.29) is 11.7 Å². The first-order chi connectivity index (χ1) is 14.1. The van der Waals surface area contributed by atoms with Crippen LogP contribution in [0, 0.1) is 5.82 Å². The minimum atomic E-state index is -0.631. The van der Waals surface area contributed by atoms with Crippen LogP contribution in [0.25, 0.3) is 0 Å². The molecule has 1 N–H and O–H groups in total. The van der Waals surface area contributed by atoms with Gasteiger partial charge >= 0.3 is 0 Å². The van der Waals surface area contributed by atoms with Crippen molar-refractivity contribution >= 4 is 11.6 Å². The summed E-state index contributed by atoms with van der Waals surface area (Å²) in [6.07, 6.45) is 1.42. The van der Waals surface area contributed by atoms with Crippen LogP contribution in [0.4, 0.5) is 10.1 Å². The second-order valence-corrected chi connectivity index (χ2v) is 7.92. The first kappa shape index (κ1) is 20.0. The van der Waals surface area contributed by atoms with E-state index in [4.69, 9.17) is 0 Å². The largest absolute Gasteiger partial charge is 0.387 e. The van der Waals surface area contributed by atoms with Crippen molar-refractivity contribution in [2.75, 3.05) is 50.7 Å². The molecule has 29 heavy (non-hydrogen) atoms. The van der Waals surface area contributed by atoms with E-state index in [9.17, 15) is 14.3 Å². The average molecular weight is 397 g/mol. The molecule has 0 aliphatic carbocycles. The van der Waals surface area contributed by atoms with Crippen LogP contribution in [-0.2, 0) is 11.2 Å². The summed E-state index contributed by atoms with van der Waals surface area (Å²) in [4.78, 5) is 19.2. The fraction of sp³-hybridized carbons (Fsp3) is 0.435. The highest BCUT2D eigenvalue weighted by atomic mass is 19.1. The normalized spacial score (nSPS) is 19.0. The summed E-state index contributed by atoms with van der Waals surface area (Å²) in [5, 5.41) is 10.4. The van der Waals surface area contributed by atoms with E-state index >= 15 is 0 Å². The quantitative estimate of drug-likeness (QED) is 0.842. The Balaban J connectivity index is 1.27. The third-order valence-corrected chi connectivity index (χ3v) is 5.92. The lowest BCUT2D eigenvalue weighted by Crippen LogP contribution is -2.51. The predicted octanol–water partition coefficient (Wildman–Crippen LogP) is 2.46. The Morgan fingerprint density at radius 1 is 0.966 bits per heavy atom. The number of hydrogen-bond acceptors (Lipinski definition) is 4. The van der Waals surface area contributed by atoms with Gasteiger partial charge in [-0.1, -0.05) is 30.3 Å². The van der Waals surface area contributed by atoms with Crippen LogP contribution in [0.5, 0.6) is 0 Å². The number of aliphatic hydroxyl groups excluding tert-OH is 1. The van der Waals surface area contributed by atoms with Crippen LogP contribution >= 0.6 is 0 Å². The first-order valence-corrected chi connectivity index (χ1v) is 10.4. The van der Waals surface area contributed by atoms with Crippen LogP contribution < -0.4 is 4.90 Å². The van der Waals surface area contributed by atoms with E-state index in [2.05, 4.69) is 15.9 Å². The van der Waals surface area contributed by atoms with E-state index in [0.717, 1.165) is 56.8 Å². The molecule has 0 aromatic heterocycles. The third-order valence-electron chi connectivity index (χ3n) is 5.92. The van der Waals surface area contributed by atoms with Gasteiger partial charge in [-0.2, -0.15) is 0 Å². The molecule has 5 nitrogen and oxygen atoms in total. The maximum absolute atomic E-state index is 13.0. The van der Waals surface area contributed by atoms with Crippen molar-refractivity contribution < 1.29 is 14.3 Å². The monoisotopic (exact) mass is 397 g/mol.